The third-order valence-electron chi connectivity index (χ3n) is 4.82. The maximum absolute atomic E-state index is 3.72. The zero-order valence-corrected chi connectivity index (χ0v) is 12.1. The fourth-order valence-corrected chi connectivity index (χ4v) is 3.61. The Kier molecular flexibility index (Phi) is 3.95. The quantitative estimate of drug-likeness (QED) is 0.867. The Hall–Kier alpha value is -1.18. The van der Waals surface area contributed by atoms with Crippen LogP contribution >= 0.6 is 0 Å². The third kappa shape index (κ3) is 3.05. The Morgan fingerprint density at radius 2 is 1.84 bits per heavy atom. The van der Waals surface area contributed by atoms with Crippen molar-refractivity contribution in [1.82, 2.24) is 0 Å². The van der Waals surface area contributed by atoms with E-state index in [0.29, 0.717) is 6.04 Å². The topological polar surface area (TPSA) is 15.3 Å². The summed E-state index contributed by atoms with van der Waals surface area (Å²) in [6, 6.07) is 9.59. The van der Waals surface area contributed by atoms with E-state index in [4.69, 9.17) is 0 Å². The average Bonchev–Trinajstić information content (AvgIpc) is 3.13. The van der Waals surface area contributed by atoms with E-state index in [1.165, 1.54) is 63.0 Å². The summed E-state index contributed by atoms with van der Waals surface area (Å²) in [5.41, 5.74) is 2.69. The Balaban J connectivity index is 1.65. The Bertz CT molecular complexity index is 403. The molecule has 0 amide bonds. The minimum atomic E-state index is 0.608. The molecule has 1 aliphatic carbocycles. The van der Waals surface area contributed by atoms with Crippen LogP contribution in [-0.2, 0) is 0 Å². The van der Waals surface area contributed by atoms with Gasteiger partial charge < -0.3 is 10.2 Å². The molecule has 1 atom stereocenters. The van der Waals surface area contributed by atoms with Crippen LogP contribution in [0.2, 0.25) is 0 Å². The monoisotopic (exact) mass is 258 g/mol. The van der Waals surface area contributed by atoms with Crippen LogP contribution in [0, 0.1) is 5.92 Å². The van der Waals surface area contributed by atoms with Crippen molar-refractivity contribution < 1.29 is 0 Å². The molecule has 0 radical (unpaired) electrons. The van der Waals surface area contributed by atoms with Gasteiger partial charge in [-0.05, 0) is 56.7 Å². The second-order valence-electron chi connectivity index (χ2n) is 6.22. The predicted octanol–water partition coefficient (Wildman–Crippen LogP) is 4.28. The molecule has 1 aliphatic heterocycles. The zero-order valence-electron chi connectivity index (χ0n) is 12.1. The number of hydrogen-bond acceptors (Lipinski definition) is 2. The van der Waals surface area contributed by atoms with Gasteiger partial charge in [0.15, 0.2) is 0 Å². The number of hydrogen-bond donors (Lipinski definition) is 1. The number of nitrogens with one attached hydrogen (secondary N) is 1. The maximum Gasteiger partial charge on any atom is 0.0386 e. The molecule has 0 aromatic heterocycles. The lowest BCUT2D eigenvalue weighted by Gasteiger charge is -2.23. The van der Waals surface area contributed by atoms with Crippen molar-refractivity contribution in [1.29, 1.82) is 0 Å². The van der Waals surface area contributed by atoms with Gasteiger partial charge in [-0.15, -0.1) is 0 Å². The summed E-state index contributed by atoms with van der Waals surface area (Å²) in [5.74, 6) is 0.871. The molecule has 1 saturated carbocycles. The first-order valence-corrected chi connectivity index (χ1v) is 7.94. The second kappa shape index (κ2) is 5.85. The van der Waals surface area contributed by atoms with Gasteiger partial charge in [0.2, 0.25) is 0 Å². The smallest absolute Gasteiger partial charge is 0.0386 e. The van der Waals surface area contributed by atoms with E-state index >= 15 is 0 Å². The van der Waals surface area contributed by atoms with Gasteiger partial charge in [-0.1, -0.05) is 18.9 Å². The molecule has 2 aliphatic rings. The second-order valence-corrected chi connectivity index (χ2v) is 6.22. The highest BCUT2D eigenvalue weighted by molar-refractivity contribution is 5.58. The molecule has 1 unspecified atom stereocenters. The van der Waals surface area contributed by atoms with Crippen molar-refractivity contribution in [3.05, 3.63) is 24.3 Å². The van der Waals surface area contributed by atoms with E-state index in [1.807, 2.05) is 0 Å². The molecule has 104 valence electrons. The van der Waals surface area contributed by atoms with Crippen molar-refractivity contribution in [2.75, 3.05) is 23.3 Å². The molecule has 0 spiro atoms. The molecule has 1 aromatic carbocycles. The molecule has 1 heterocycles. The summed E-state index contributed by atoms with van der Waals surface area (Å²) in [5, 5.41) is 3.72. The fourth-order valence-electron chi connectivity index (χ4n) is 3.61. The van der Waals surface area contributed by atoms with Crippen LogP contribution in [-0.4, -0.2) is 19.1 Å². The van der Waals surface area contributed by atoms with Gasteiger partial charge in [0.05, 0.1) is 0 Å². The molecule has 19 heavy (non-hydrogen) atoms. The van der Waals surface area contributed by atoms with Crippen LogP contribution in [0.5, 0.6) is 0 Å². The lowest BCUT2D eigenvalue weighted by molar-refractivity contribution is 0.482. The first-order chi connectivity index (χ1) is 9.33. The van der Waals surface area contributed by atoms with E-state index in [1.54, 1.807) is 0 Å². The number of anilines is 2. The first kappa shape index (κ1) is 12.8. The van der Waals surface area contributed by atoms with Gasteiger partial charge >= 0.3 is 0 Å². The van der Waals surface area contributed by atoms with Gasteiger partial charge in [-0.25, -0.2) is 0 Å². The van der Waals surface area contributed by atoms with Crippen LogP contribution in [0.15, 0.2) is 24.3 Å². The summed E-state index contributed by atoms with van der Waals surface area (Å²) >= 11 is 0. The molecule has 1 aromatic rings. The van der Waals surface area contributed by atoms with Crippen molar-refractivity contribution in [2.45, 2.75) is 51.5 Å². The fraction of sp³-hybridized carbons (Fsp3) is 0.647. The zero-order chi connectivity index (χ0) is 13.1. The van der Waals surface area contributed by atoms with E-state index in [0.717, 1.165) is 5.92 Å². The van der Waals surface area contributed by atoms with Gasteiger partial charge in [-0.2, -0.15) is 0 Å². The summed E-state index contributed by atoms with van der Waals surface area (Å²) < 4.78 is 0. The Labute approximate surface area is 117 Å². The van der Waals surface area contributed by atoms with Gasteiger partial charge in [0.1, 0.15) is 0 Å². The van der Waals surface area contributed by atoms with E-state index in [9.17, 15) is 0 Å². The standard InChI is InChI=1S/C17H26N2/c1-14(15-7-2-3-8-15)18-16-9-6-10-17(13-16)19-11-4-5-12-19/h6,9-10,13-15,18H,2-5,7-8,11-12H2,1H3. The van der Waals surface area contributed by atoms with E-state index in [-0.39, 0.29) is 0 Å². The summed E-state index contributed by atoms with van der Waals surface area (Å²) in [6.07, 6.45) is 8.33. The number of rotatable bonds is 4. The third-order valence-corrected chi connectivity index (χ3v) is 4.82. The first-order valence-electron chi connectivity index (χ1n) is 7.94. The molecule has 2 nitrogen and oxygen atoms in total. The number of nitrogens with zero attached hydrogens (tertiary/aromatic N) is 1. The van der Waals surface area contributed by atoms with Crippen molar-refractivity contribution in [2.24, 2.45) is 5.92 Å². The Morgan fingerprint density at radius 3 is 2.58 bits per heavy atom. The summed E-state index contributed by atoms with van der Waals surface area (Å²) in [4.78, 5) is 2.51. The molecule has 2 heteroatoms. The molecular weight excluding hydrogens is 232 g/mol. The molecule has 2 fully saturated rings. The highest BCUT2D eigenvalue weighted by Gasteiger charge is 2.21. The van der Waals surface area contributed by atoms with Gasteiger partial charge in [-0.3, -0.25) is 0 Å². The van der Waals surface area contributed by atoms with Crippen molar-refractivity contribution >= 4 is 11.4 Å². The normalized spacial score (nSPS) is 21.8. The highest BCUT2D eigenvalue weighted by Crippen LogP contribution is 2.30. The van der Waals surface area contributed by atoms with Gasteiger partial charge in [0, 0.05) is 30.5 Å². The van der Waals surface area contributed by atoms with Crippen LogP contribution in [0.1, 0.15) is 45.4 Å². The number of benzene rings is 1. The molecule has 1 saturated heterocycles. The largest absolute Gasteiger partial charge is 0.382 e. The van der Waals surface area contributed by atoms with E-state index < -0.39 is 0 Å². The van der Waals surface area contributed by atoms with Gasteiger partial charge in [0.25, 0.3) is 0 Å². The van der Waals surface area contributed by atoms with Crippen LogP contribution in [0.25, 0.3) is 0 Å². The SMILES string of the molecule is CC(Nc1cccc(N2CCCC2)c1)C1CCCC1. The molecular formula is C17H26N2. The lowest BCUT2D eigenvalue weighted by Crippen LogP contribution is -2.24. The van der Waals surface area contributed by atoms with E-state index in [2.05, 4.69) is 41.4 Å². The van der Waals surface area contributed by atoms with Crippen molar-refractivity contribution in [3.8, 4) is 0 Å². The maximum atomic E-state index is 3.72. The van der Waals surface area contributed by atoms with Crippen LogP contribution in [0.4, 0.5) is 11.4 Å². The highest BCUT2D eigenvalue weighted by atomic mass is 15.1. The lowest BCUT2D eigenvalue weighted by atomic mass is 9.99. The van der Waals surface area contributed by atoms with Crippen molar-refractivity contribution in [3.63, 3.8) is 0 Å². The minimum Gasteiger partial charge on any atom is -0.382 e. The molecule has 0 bridgehead atoms. The minimum absolute atomic E-state index is 0.608. The Morgan fingerprint density at radius 1 is 1.11 bits per heavy atom. The average molecular weight is 258 g/mol. The summed E-state index contributed by atoms with van der Waals surface area (Å²) in [7, 11) is 0. The van der Waals surface area contributed by atoms with Crippen LogP contribution < -0.4 is 10.2 Å². The molecule has 3 rings (SSSR count). The predicted molar refractivity (Wildman–Crippen MR) is 82.9 cm³/mol. The molecule has 1 N–H and O–H groups in total. The van der Waals surface area contributed by atoms with Crippen LogP contribution in [0.3, 0.4) is 0 Å². The summed E-state index contributed by atoms with van der Waals surface area (Å²) in [6.45, 7) is 4.79.